The normalized spacial score (nSPS) is 12.8. The molecular formula is C11H14ClF2NO. The van der Waals surface area contributed by atoms with Gasteiger partial charge in [0.1, 0.15) is 0 Å². The first-order chi connectivity index (χ1) is 7.65. The van der Waals surface area contributed by atoms with Gasteiger partial charge in [0, 0.05) is 25.8 Å². The van der Waals surface area contributed by atoms with Crippen LogP contribution in [0.25, 0.3) is 0 Å². The number of benzene rings is 1. The molecule has 90 valence electrons. The number of hydrogen-bond acceptors (Lipinski definition) is 2. The van der Waals surface area contributed by atoms with E-state index in [1.165, 1.54) is 12.1 Å². The van der Waals surface area contributed by atoms with Gasteiger partial charge in [-0.2, -0.15) is 0 Å². The molecule has 0 amide bonds. The minimum absolute atomic E-state index is 0.179. The largest absolute Gasteiger partial charge is 0.383 e. The molecule has 0 spiro atoms. The van der Waals surface area contributed by atoms with Gasteiger partial charge in [-0.1, -0.05) is 12.1 Å². The fourth-order valence-electron chi connectivity index (χ4n) is 1.29. The Morgan fingerprint density at radius 3 is 2.88 bits per heavy atom. The molecule has 2 nitrogen and oxygen atoms in total. The Labute approximate surface area is 98.6 Å². The fourth-order valence-corrected chi connectivity index (χ4v) is 1.52. The van der Waals surface area contributed by atoms with Gasteiger partial charge in [0.25, 0.3) is 0 Å². The van der Waals surface area contributed by atoms with Crippen LogP contribution in [0, 0.1) is 11.6 Å². The van der Waals surface area contributed by atoms with E-state index in [9.17, 15) is 8.78 Å². The van der Waals surface area contributed by atoms with E-state index in [1.54, 1.807) is 7.11 Å². The van der Waals surface area contributed by atoms with Crippen molar-refractivity contribution in [2.75, 3.05) is 20.3 Å². The van der Waals surface area contributed by atoms with Gasteiger partial charge in [-0.3, -0.25) is 0 Å². The zero-order chi connectivity index (χ0) is 12.0. The summed E-state index contributed by atoms with van der Waals surface area (Å²) in [6, 6.07) is 4.10. The van der Waals surface area contributed by atoms with Crippen LogP contribution in [0.4, 0.5) is 8.78 Å². The van der Waals surface area contributed by atoms with Crippen LogP contribution < -0.4 is 5.32 Å². The minimum atomic E-state index is -0.835. The molecule has 1 rings (SSSR count). The van der Waals surface area contributed by atoms with E-state index in [-0.39, 0.29) is 11.9 Å². The molecule has 0 saturated carbocycles. The Kier molecular flexibility index (Phi) is 5.66. The quantitative estimate of drug-likeness (QED) is 0.782. The van der Waals surface area contributed by atoms with Gasteiger partial charge in [-0.25, -0.2) is 8.78 Å². The maximum absolute atomic E-state index is 13.2. The van der Waals surface area contributed by atoms with Crippen LogP contribution in [0.2, 0.25) is 0 Å². The molecule has 5 heteroatoms. The zero-order valence-corrected chi connectivity index (χ0v) is 9.73. The summed E-state index contributed by atoms with van der Waals surface area (Å²) in [6.07, 6.45) is 0. The van der Waals surface area contributed by atoms with Crippen LogP contribution in [-0.4, -0.2) is 25.6 Å². The van der Waals surface area contributed by atoms with Crippen molar-refractivity contribution in [3.8, 4) is 0 Å². The third-order valence-electron chi connectivity index (χ3n) is 2.06. The molecule has 0 aliphatic heterocycles. The maximum atomic E-state index is 13.2. The van der Waals surface area contributed by atoms with Crippen molar-refractivity contribution in [1.29, 1.82) is 0 Å². The van der Waals surface area contributed by atoms with Crippen LogP contribution in [0.3, 0.4) is 0 Å². The number of rotatable bonds is 6. The lowest BCUT2D eigenvalue weighted by Crippen LogP contribution is -2.26. The molecule has 0 radical (unpaired) electrons. The maximum Gasteiger partial charge on any atom is 0.163 e. The third-order valence-corrected chi connectivity index (χ3v) is 2.34. The van der Waals surface area contributed by atoms with Crippen LogP contribution >= 0.6 is 11.6 Å². The number of alkyl halides is 1. The van der Waals surface area contributed by atoms with Crippen LogP contribution in [-0.2, 0) is 11.3 Å². The highest BCUT2D eigenvalue weighted by Gasteiger charge is 2.08. The van der Waals surface area contributed by atoms with Crippen molar-refractivity contribution in [2.45, 2.75) is 11.9 Å². The van der Waals surface area contributed by atoms with E-state index in [0.29, 0.717) is 18.7 Å². The third kappa shape index (κ3) is 4.04. The van der Waals surface area contributed by atoms with E-state index < -0.39 is 11.6 Å². The average molecular weight is 250 g/mol. The van der Waals surface area contributed by atoms with Crippen molar-refractivity contribution in [1.82, 2.24) is 5.32 Å². The van der Waals surface area contributed by atoms with Gasteiger partial charge < -0.3 is 10.1 Å². The highest BCUT2D eigenvalue weighted by atomic mass is 35.5. The summed E-state index contributed by atoms with van der Waals surface area (Å²) in [5, 5.41) is 2.76. The summed E-state index contributed by atoms with van der Waals surface area (Å²) >= 11 is 5.86. The molecule has 0 aliphatic carbocycles. The van der Waals surface area contributed by atoms with Gasteiger partial charge >= 0.3 is 0 Å². The first-order valence-corrected chi connectivity index (χ1v) is 5.35. The number of methoxy groups -OCH3 is 1. The Morgan fingerprint density at radius 2 is 2.19 bits per heavy atom. The van der Waals surface area contributed by atoms with Crippen molar-refractivity contribution in [2.24, 2.45) is 0 Å². The van der Waals surface area contributed by atoms with Crippen molar-refractivity contribution in [3.63, 3.8) is 0 Å². The van der Waals surface area contributed by atoms with Gasteiger partial charge in [0.05, 0.1) is 12.0 Å². The molecule has 0 heterocycles. The SMILES string of the molecule is COCC(Cl)CNCc1cccc(F)c1F. The summed E-state index contributed by atoms with van der Waals surface area (Å²) in [6.45, 7) is 1.14. The molecule has 1 N–H and O–H groups in total. The highest BCUT2D eigenvalue weighted by Crippen LogP contribution is 2.10. The molecule has 1 unspecified atom stereocenters. The second kappa shape index (κ2) is 6.78. The zero-order valence-electron chi connectivity index (χ0n) is 8.97. The smallest absolute Gasteiger partial charge is 0.163 e. The number of hydrogen-bond donors (Lipinski definition) is 1. The lowest BCUT2D eigenvalue weighted by molar-refractivity contribution is 0.197. The summed E-state index contributed by atoms with van der Waals surface area (Å²) in [5.41, 5.74) is 0.293. The second-order valence-electron chi connectivity index (χ2n) is 3.40. The lowest BCUT2D eigenvalue weighted by Gasteiger charge is -2.10. The monoisotopic (exact) mass is 249 g/mol. The number of halogens is 3. The predicted molar refractivity (Wildman–Crippen MR) is 59.6 cm³/mol. The van der Waals surface area contributed by atoms with Crippen LogP contribution in [0.1, 0.15) is 5.56 Å². The lowest BCUT2D eigenvalue weighted by atomic mass is 10.2. The molecule has 16 heavy (non-hydrogen) atoms. The predicted octanol–water partition coefficient (Wildman–Crippen LogP) is 2.31. The minimum Gasteiger partial charge on any atom is -0.383 e. The Bertz CT molecular complexity index is 336. The van der Waals surface area contributed by atoms with Crippen LogP contribution in [0.5, 0.6) is 0 Å². The molecule has 0 bridgehead atoms. The van der Waals surface area contributed by atoms with E-state index in [1.807, 2.05) is 0 Å². The van der Waals surface area contributed by atoms with Crippen molar-refractivity contribution in [3.05, 3.63) is 35.4 Å². The van der Waals surface area contributed by atoms with Crippen molar-refractivity contribution >= 4 is 11.6 Å². The summed E-state index contributed by atoms with van der Waals surface area (Å²) in [5.74, 6) is -1.65. The van der Waals surface area contributed by atoms with E-state index >= 15 is 0 Å². The standard InChI is InChI=1S/C11H14ClF2NO/c1-16-7-9(12)6-15-5-8-3-2-4-10(13)11(8)14/h2-4,9,15H,5-7H2,1H3. The summed E-state index contributed by atoms with van der Waals surface area (Å²) < 4.78 is 30.9. The molecule has 1 aromatic rings. The topological polar surface area (TPSA) is 21.3 Å². The molecule has 1 aromatic carbocycles. The van der Waals surface area contributed by atoms with Crippen molar-refractivity contribution < 1.29 is 13.5 Å². The molecular weight excluding hydrogens is 236 g/mol. The van der Waals surface area contributed by atoms with E-state index in [4.69, 9.17) is 16.3 Å². The van der Waals surface area contributed by atoms with Gasteiger partial charge in [-0.15, -0.1) is 11.6 Å². The van der Waals surface area contributed by atoms with Gasteiger partial charge in [-0.05, 0) is 6.07 Å². The van der Waals surface area contributed by atoms with E-state index in [2.05, 4.69) is 5.32 Å². The Balaban J connectivity index is 2.40. The first kappa shape index (κ1) is 13.4. The second-order valence-corrected chi connectivity index (χ2v) is 4.01. The average Bonchev–Trinajstić information content (AvgIpc) is 2.25. The Morgan fingerprint density at radius 1 is 1.44 bits per heavy atom. The highest BCUT2D eigenvalue weighted by molar-refractivity contribution is 6.20. The molecule has 0 saturated heterocycles. The van der Waals surface area contributed by atoms with Gasteiger partial charge in [0.2, 0.25) is 0 Å². The summed E-state index contributed by atoms with van der Waals surface area (Å²) in [7, 11) is 1.56. The van der Waals surface area contributed by atoms with E-state index in [0.717, 1.165) is 6.07 Å². The fraction of sp³-hybridized carbons (Fsp3) is 0.455. The number of ether oxygens (including phenoxy) is 1. The molecule has 0 fully saturated rings. The first-order valence-electron chi connectivity index (χ1n) is 4.91. The Hall–Kier alpha value is -0.710. The summed E-state index contributed by atoms with van der Waals surface area (Å²) in [4.78, 5) is 0. The van der Waals surface area contributed by atoms with Gasteiger partial charge in [0.15, 0.2) is 11.6 Å². The van der Waals surface area contributed by atoms with Crippen LogP contribution in [0.15, 0.2) is 18.2 Å². The molecule has 0 aromatic heterocycles. The molecule has 0 aliphatic rings. The molecule has 1 atom stereocenters. The number of nitrogens with one attached hydrogen (secondary N) is 1.